The fourth-order valence-corrected chi connectivity index (χ4v) is 6.51. The van der Waals surface area contributed by atoms with Crippen LogP contribution in [0.5, 0.6) is 5.75 Å². The van der Waals surface area contributed by atoms with Gasteiger partial charge in [0.15, 0.2) is 0 Å². The molecule has 2 fully saturated rings. The van der Waals surface area contributed by atoms with Gasteiger partial charge < -0.3 is 9.47 Å². The van der Waals surface area contributed by atoms with Gasteiger partial charge in [-0.3, -0.25) is 9.59 Å². The van der Waals surface area contributed by atoms with Gasteiger partial charge in [0, 0.05) is 19.3 Å². The predicted molar refractivity (Wildman–Crippen MR) is 103 cm³/mol. The van der Waals surface area contributed by atoms with Crippen molar-refractivity contribution in [2.75, 3.05) is 0 Å². The number of fused-ring (bicyclic) bond motifs is 5. The maximum Gasteiger partial charge on any atom is 0.308 e. The molecule has 0 N–H and O–H groups in total. The number of esters is 2. The third-order valence-corrected chi connectivity index (χ3v) is 7.48. The molecule has 146 valence electrons. The summed E-state index contributed by atoms with van der Waals surface area (Å²) >= 11 is 0. The van der Waals surface area contributed by atoms with Gasteiger partial charge in [0.1, 0.15) is 11.9 Å². The molecule has 0 aliphatic heterocycles. The Morgan fingerprint density at radius 3 is 2.56 bits per heavy atom. The number of ether oxygens (including phenoxy) is 2. The van der Waals surface area contributed by atoms with Crippen LogP contribution in [0.1, 0.15) is 75.5 Å². The molecule has 0 heterocycles. The van der Waals surface area contributed by atoms with Gasteiger partial charge in [-0.2, -0.15) is 0 Å². The first-order valence-corrected chi connectivity index (χ1v) is 10.3. The van der Waals surface area contributed by atoms with E-state index in [1.807, 2.05) is 6.07 Å². The van der Waals surface area contributed by atoms with E-state index in [0.717, 1.165) is 32.1 Å². The maximum atomic E-state index is 11.6. The van der Waals surface area contributed by atoms with Gasteiger partial charge in [0.2, 0.25) is 0 Å². The molecule has 0 saturated heterocycles. The molecule has 0 unspecified atom stereocenters. The summed E-state index contributed by atoms with van der Waals surface area (Å²) in [6, 6.07) is 4.09. The summed E-state index contributed by atoms with van der Waals surface area (Å²) in [7, 11) is 0. The van der Waals surface area contributed by atoms with Gasteiger partial charge in [0.25, 0.3) is 0 Å². The number of hydrogen-bond donors (Lipinski definition) is 0. The van der Waals surface area contributed by atoms with E-state index in [1.165, 1.54) is 37.0 Å². The second-order valence-corrected chi connectivity index (χ2v) is 9.04. The molecule has 4 heteroatoms. The molecular weight excluding hydrogens is 340 g/mol. The zero-order chi connectivity index (χ0) is 19.3. The third-order valence-electron chi connectivity index (χ3n) is 7.48. The number of benzene rings is 1. The number of rotatable bonds is 2. The number of carbonyl (C=O) groups is 2. The molecule has 0 radical (unpaired) electrons. The van der Waals surface area contributed by atoms with E-state index in [4.69, 9.17) is 9.47 Å². The standard InChI is InChI=1S/C23H30O4/c1-13-11-17(26-14(2)24)12-16-5-6-18-19(22(13)16)9-10-23(4)20(18)7-8-21(23)27-15(3)25/h11-12,18-21H,5-10H2,1-4H3/t18-,19+,20+,21+,23+/m1/s1. The van der Waals surface area contributed by atoms with Gasteiger partial charge >= 0.3 is 11.9 Å². The van der Waals surface area contributed by atoms with Crippen LogP contribution in [0.2, 0.25) is 0 Å². The van der Waals surface area contributed by atoms with Crippen LogP contribution in [0.4, 0.5) is 0 Å². The van der Waals surface area contributed by atoms with Crippen LogP contribution in [-0.2, 0) is 20.7 Å². The highest BCUT2D eigenvalue weighted by molar-refractivity contribution is 5.69. The van der Waals surface area contributed by atoms with Gasteiger partial charge in [0.05, 0.1) is 0 Å². The molecular formula is C23H30O4. The normalized spacial score (nSPS) is 34.2. The van der Waals surface area contributed by atoms with Crippen LogP contribution < -0.4 is 4.74 Å². The topological polar surface area (TPSA) is 52.6 Å². The molecule has 0 bridgehead atoms. The molecule has 5 atom stereocenters. The number of aryl methyl sites for hydroxylation is 2. The molecule has 1 aromatic carbocycles. The average molecular weight is 370 g/mol. The van der Waals surface area contributed by atoms with E-state index in [1.54, 1.807) is 0 Å². The second kappa shape index (κ2) is 6.65. The molecule has 0 spiro atoms. The minimum absolute atomic E-state index is 0.0785. The lowest BCUT2D eigenvalue weighted by Crippen LogP contribution is -2.45. The average Bonchev–Trinajstić information content (AvgIpc) is 2.90. The van der Waals surface area contributed by atoms with Crippen molar-refractivity contribution in [2.45, 2.75) is 78.2 Å². The van der Waals surface area contributed by atoms with E-state index in [-0.39, 0.29) is 23.5 Å². The summed E-state index contributed by atoms with van der Waals surface area (Å²) in [5.74, 6) is 2.13. The first kappa shape index (κ1) is 18.5. The van der Waals surface area contributed by atoms with Crippen molar-refractivity contribution in [1.82, 2.24) is 0 Å². The second-order valence-electron chi connectivity index (χ2n) is 9.04. The van der Waals surface area contributed by atoms with Crippen LogP contribution >= 0.6 is 0 Å². The summed E-state index contributed by atoms with van der Waals surface area (Å²) in [5.41, 5.74) is 4.21. The van der Waals surface area contributed by atoms with Crippen molar-refractivity contribution in [2.24, 2.45) is 17.3 Å². The van der Waals surface area contributed by atoms with Gasteiger partial charge in [-0.25, -0.2) is 0 Å². The van der Waals surface area contributed by atoms with Crippen LogP contribution in [0.3, 0.4) is 0 Å². The van der Waals surface area contributed by atoms with Gasteiger partial charge in [-0.15, -0.1) is 0 Å². The Hall–Kier alpha value is -1.84. The van der Waals surface area contributed by atoms with Gasteiger partial charge in [-0.1, -0.05) is 6.92 Å². The molecule has 0 amide bonds. The van der Waals surface area contributed by atoms with Crippen molar-refractivity contribution in [3.05, 3.63) is 28.8 Å². The van der Waals surface area contributed by atoms with Crippen LogP contribution in [-0.4, -0.2) is 18.0 Å². The first-order chi connectivity index (χ1) is 12.8. The number of carbonyl (C=O) groups excluding carboxylic acids is 2. The monoisotopic (exact) mass is 370 g/mol. The Morgan fingerprint density at radius 1 is 1.07 bits per heavy atom. The van der Waals surface area contributed by atoms with Crippen LogP contribution in [0, 0.1) is 24.2 Å². The lowest BCUT2D eigenvalue weighted by atomic mass is 9.55. The molecule has 0 aromatic heterocycles. The minimum Gasteiger partial charge on any atom is -0.462 e. The lowest BCUT2D eigenvalue weighted by Gasteiger charge is -2.50. The van der Waals surface area contributed by atoms with E-state index < -0.39 is 0 Å². The van der Waals surface area contributed by atoms with E-state index in [9.17, 15) is 9.59 Å². The van der Waals surface area contributed by atoms with Crippen molar-refractivity contribution >= 4 is 11.9 Å². The van der Waals surface area contributed by atoms with Crippen molar-refractivity contribution < 1.29 is 19.1 Å². The van der Waals surface area contributed by atoms with Crippen molar-refractivity contribution in [1.29, 1.82) is 0 Å². The quantitative estimate of drug-likeness (QED) is 0.559. The van der Waals surface area contributed by atoms with Crippen molar-refractivity contribution in [3.63, 3.8) is 0 Å². The molecule has 3 aliphatic carbocycles. The smallest absolute Gasteiger partial charge is 0.308 e. The van der Waals surface area contributed by atoms with Crippen LogP contribution in [0.15, 0.2) is 12.1 Å². The highest BCUT2D eigenvalue weighted by Crippen LogP contribution is 2.62. The predicted octanol–water partition coefficient (Wildman–Crippen LogP) is 4.71. The molecule has 1 aromatic rings. The number of hydrogen-bond acceptors (Lipinski definition) is 4. The lowest BCUT2D eigenvalue weighted by molar-refractivity contribution is -0.154. The Bertz CT molecular complexity index is 783. The molecule has 4 nitrogen and oxygen atoms in total. The molecule has 27 heavy (non-hydrogen) atoms. The summed E-state index contributed by atoms with van der Waals surface area (Å²) in [4.78, 5) is 22.9. The summed E-state index contributed by atoms with van der Waals surface area (Å²) in [6.07, 6.45) is 6.72. The Balaban J connectivity index is 1.63. The SMILES string of the molecule is CC(=O)Oc1cc(C)c2c(c1)CC[C@@H]1[C@@H]2CC[C@]2(C)[C@@H](OC(C)=O)CC[C@@H]12. The van der Waals surface area contributed by atoms with Crippen molar-refractivity contribution in [3.8, 4) is 5.75 Å². The van der Waals surface area contributed by atoms with Crippen LogP contribution in [0.25, 0.3) is 0 Å². The minimum atomic E-state index is -0.265. The van der Waals surface area contributed by atoms with E-state index >= 15 is 0 Å². The van der Waals surface area contributed by atoms with Gasteiger partial charge in [-0.05, 0) is 92.0 Å². The van der Waals surface area contributed by atoms with E-state index in [2.05, 4.69) is 19.9 Å². The Kier molecular flexibility index (Phi) is 4.56. The van der Waals surface area contributed by atoms with E-state index in [0.29, 0.717) is 23.5 Å². The summed E-state index contributed by atoms with van der Waals surface area (Å²) in [6.45, 7) is 7.48. The highest BCUT2D eigenvalue weighted by Gasteiger charge is 2.56. The Labute approximate surface area is 161 Å². The molecule has 2 saturated carbocycles. The molecule has 4 rings (SSSR count). The molecule has 3 aliphatic rings. The Morgan fingerprint density at radius 2 is 1.85 bits per heavy atom. The summed E-state index contributed by atoms with van der Waals surface area (Å²) in [5, 5.41) is 0. The zero-order valence-corrected chi connectivity index (χ0v) is 16.8. The fraction of sp³-hybridized carbons (Fsp3) is 0.652. The highest BCUT2D eigenvalue weighted by atomic mass is 16.5. The summed E-state index contributed by atoms with van der Waals surface area (Å²) < 4.78 is 11.1. The largest absolute Gasteiger partial charge is 0.462 e. The third kappa shape index (κ3) is 3.07. The fourth-order valence-electron chi connectivity index (χ4n) is 6.51. The first-order valence-electron chi connectivity index (χ1n) is 10.3. The maximum absolute atomic E-state index is 11.6. The zero-order valence-electron chi connectivity index (χ0n) is 16.8.